The van der Waals surface area contributed by atoms with Gasteiger partial charge in [-0.25, -0.2) is 8.42 Å². The lowest BCUT2D eigenvalue weighted by molar-refractivity contribution is -0.384. The Morgan fingerprint density at radius 1 is 0.971 bits per heavy atom. The van der Waals surface area contributed by atoms with E-state index in [1.54, 1.807) is 18.2 Å². The lowest BCUT2D eigenvalue weighted by Crippen LogP contribution is -2.45. The number of anilines is 1. The molecule has 0 heterocycles. The van der Waals surface area contributed by atoms with E-state index in [-0.39, 0.29) is 27.7 Å². The summed E-state index contributed by atoms with van der Waals surface area (Å²) in [6, 6.07) is 22.6. The lowest BCUT2D eigenvalue weighted by Gasteiger charge is -2.30. The minimum Gasteiger partial charge on any atom is -0.352 e. The predicted octanol–water partition coefficient (Wildman–Crippen LogP) is 4.66. The highest BCUT2D eigenvalue weighted by atomic mass is 32.2. The second kappa shape index (κ2) is 10.7. The van der Waals surface area contributed by atoms with E-state index < -0.39 is 27.4 Å². The van der Waals surface area contributed by atoms with Crippen molar-refractivity contribution in [2.24, 2.45) is 0 Å². The summed E-state index contributed by atoms with van der Waals surface area (Å²) in [5.41, 5.74) is 0.918. The largest absolute Gasteiger partial charge is 0.352 e. The first-order valence-corrected chi connectivity index (χ1v) is 12.6. The Morgan fingerprint density at radius 2 is 1.51 bits per heavy atom. The monoisotopic (exact) mass is 495 g/mol. The van der Waals surface area contributed by atoms with E-state index >= 15 is 0 Å². The maximum Gasteiger partial charge on any atom is 0.269 e. The van der Waals surface area contributed by atoms with Crippen LogP contribution in [0.25, 0.3) is 0 Å². The molecule has 0 aromatic heterocycles. The SMILES string of the molecule is CC(CC(C)(C)c1ccccc1)NC(=O)CN(c1ccc([N+](=O)[O-])cc1)S(=O)(=O)c1ccccc1. The fourth-order valence-corrected chi connectivity index (χ4v) is 5.49. The van der Waals surface area contributed by atoms with Gasteiger partial charge in [0, 0.05) is 18.2 Å². The summed E-state index contributed by atoms with van der Waals surface area (Å²) >= 11 is 0. The molecule has 0 aliphatic heterocycles. The number of carbonyl (C=O) groups is 1. The number of hydrogen-bond acceptors (Lipinski definition) is 5. The Kier molecular flexibility index (Phi) is 7.91. The Bertz CT molecular complexity index is 1260. The number of benzene rings is 3. The van der Waals surface area contributed by atoms with Crippen LogP contribution in [0, 0.1) is 10.1 Å². The van der Waals surface area contributed by atoms with Crippen LogP contribution in [0.4, 0.5) is 11.4 Å². The third-order valence-electron chi connectivity index (χ3n) is 5.75. The molecule has 1 N–H and O–H groups in total. The average molecular weight is 496 g/mol. The zero-order chi connectivity index (χ0) is 25.6. The molecule has 184 valence electrons. The second-order valence-electron chi connectivity index (χ2n) is 9.02. The quantitative estimate of drug-likeness (QED) is 0.325. The van der Waals surface area contributed by atoms with E-state index in [0.717, 1.165) is 9.87 Å². The smallest absolute Gasteiger partial charge is 0.269 e. The molecule has 3 aromatic rings. The van der Waals surface area contributed by atoms with Crippen molar-refractivity contribution in [3.8, 4) is 0 Å². The number of rotatable bonds is 10. The molecule has 0 aliphatic rings. The highest BCUT2D eigenvalue weighted by Crippen LogP contribution is 2.29. The average Bonchev–Trinajstić information content (AvgIpc) is 2.83. The van der Waals surface area contributed by atoms with Crippen molar-refractivity contribution in [1.29, 1.82) is 0 Å². The summed E-state index contributed by atoms with van der Waals surface area (Å²) in [4.78, 5) is 23.5. The Morgan fingerprint density at radius 3 is 2.06 bits per heavy atom. The molecule has 0 radical (unpaired) electrons. The second-order valence-corrected chi connectivity index (χ2v) is 10.9. The van der Waals surface area contributed by atoms with Crippen molar-refractivity contribution in [1.82, 2.24) is 5.32 Å². The summed E-state index contributed by atoms with van der Waals surface area (Å²) in [6.07, 6.45) is 0.645. The highest BCUT2D eigenvalue weighted by Gasteiger charge is 2.29. The number of non-ortho nitro benzene ring substituents is 1. The molecule has 0 saturated heterocycles. The molecule has 0 fully saturated rings. The Labute approximate surface area is 205 Å². The van der Waals surface area contributed by atoms with E-state index in [0.29, 0.717) is 6.42 Å². The first-order valence-electron chi connectivity index (χ1n) is 11.2. The molecule has 1 atom stereocenters. The van der Waals surface area contributed by atoms with E-state index in [9.17, 15) is 23.3 Å². The predicted molar refractivity (Wildman–Crippen MR) is 136 cm³/mol. The molecule has 0 saturated carbocycles. The molecule has 3 rings (SSSR count). The summed E-state index contributed by atoms with van der Waals surface area (Å²) in [7, 11) is -4.09. The Balaban J connectivity index is 1.82. The van der Waals surface area contributed by atoms with Crippen molar-refractivity contribution in [2.75, 3.05) is 10.8 Å². The fourth-order valence-electron chi connectivity index (χ4n) is 4.05. The van der Waals surface area contributed by atoms with Gasteiger partial charge in [0.25, 0.3) is 15.7 Å². The maximum atomic E-state index is 13.4. The summed E-state index contributed by atoms with van der Waals surface area (Å²) < 4.78 is 27.8. The number of nitro benzene ring substituents is 1. The van der Waals surface area contributed by atoms with Crippen molar-refractivity contribution >= 4 is 27.3 Å². The number of nitrogens with zero attached hydrogens (tertiary/aromatic N) is 2. The highest BCUT2D eigenvalue weighted by molar-refractivity contribution is 7.92. The molecule has 3 aromatic carbocycles. The van der Waals surface area contributed by atoms with Gasteiger partial charge in [-0.05, 0) is 48.6 Å². The van der Waals surface area contributed by atoms with Crippen LogP contribution in [0.1, 0.15) is 32.8 Å². The van der Waals surface area contributed by atoms with Crippen LogP contribution in [-0.4, -0.2) is 31.8 Å². The number of sulfonamides is 1. The minimum absolute atomic E-state index is 0.0180. The fraction of sp³-hybridized carbons (Fsp3) is 0.269. The normalized spacial score (nSPS) is 12.5. The maximum absolute atomic E-state index is 13.4. The van der Waals surface area contributed by atoms with Gasteiger partial charge in [0.2, 0.25) is 5.91 Å². The first-order chi connectivity index (χ1) is 16.5. The molecule has 0 bridgehead atoms. The first kappa shape index (κ1) is 25.9. The topological polar surface area (TPSA) is 110 Å². The molecule has 1 amide bonds. The van der Waals surface area contributed by atoms with Gasteiger partial charge in [-0.1, -0.05) is 62.4 Å². The Hall–Kier alpha value is -3.72. The van der Waals surface area contributed by atoms with Gasteiger partial charge in [0.05, 0.1) is 15.5 Å². The number of hydrogen-bond donors (Lipinski definition) is 1. The van der Waals surface area contributed by atoms with Crippen LogP contribution in [-0.2, 0) is 20.2 Å². The van der Waals surface area contributed by atoms with Gasteiger partial charge in [0.1, 0.15) is 6.54 Å². The van der Waals surface area contributed by atoms with Crippen LogP contribution in [0.2, 0.25) is 0 Å². The number of carbonyl (C=O) groups excluding carboxylic acids is 1. The van der Waals surface area contributed by atoms with Gasteiger partial charge in [0.15, 0.2) is 0 Å². The van der Waals surface area contributed by atoms with E-state index in [4.69, 9.17) is 0 Å². The van der Waals surface area contributed by atoms with E-state index in [1.807, 2.05) is 37.3 Å². The molecule has 9 heteroatoms. The van der Waals surface area contributed by atoms with Crippen LogP contribution in [0.3, 0.4) is 0 Å². The third kappa shape index (κ3) is 6.45. The van der Waals surface area contributed by atoms with Crippen molar-refractivity contribution in [3.63, 3.8) is 0 Å². The van der Waals surface area contributed by atoms with Crippen LogP contribution < -0.4 is 9.62 Å². The van der Waals surface area contributed by atoms with Gasteiger partial charge < -0.3 is 5.32 Å². The third-order valence-corrected chi connectivity index (χ3v) is 7.53. The van der Waals surface area contributed by atoms with Gasteiger partial charge in [-0.15, -0.1) is 0 Å². The van der Waals surface area contributed by atoms with E-state index in [1.165, 1.54) is 36.4 Å². The van der Waals surface area contributed by atoms with Crippen molar-refractivity contribution < 1.29 is 18.1 Å². The number of amides is 1. The zero-order valence-corrected chi connectivity index (χ0v) is 20.7. The van der Waals surface area contributed by atoms with Crippen LogP contribution >= 0.6 is 0 Å². The molecule has 8 nitrogen and oxygen atoms in total. The molecule has 0 spiro atoms. The standard InChI is InChI=1S/C26H29N3O5S/c1-20(18-26(2,3)21-10-6-4-7-11-21)27-25(30)19-28(22-14-16-23(17-15-22)29(31)32)35(33,34)24-12-8-5-9-13-24/h4-17,20H,18-19H2,1-3H3,(H,27,30). The lowest BCUT2D eigenvalue weighted by atomic mass is 9.79. The number of nitrogens with one attached hydrogen (secondary N) is 1. The van der Waals surface area contributed by atoms with Crippen LogP contribution in [0.15, 0.2) is 89.8 Å². The van der Waals surface area contributed by atoms with Gasteiger partial charge in [-0.2, -0.15) is 0 Å². The van der Waals surface area contributed by atoms with E-state index in [2.05, 4.69) is 19.2 Å². The zero-order valence-electron chi connectivity index (χ0n) is 19.9. The molecule has 1 unspecified atom stereocenters. The summed E-state index contributed by atoms with van der Waals surface area (Å²) in [5, 5.41) is 13.9. The van der Waals surface area contributed by atoms with Crippen molar-refractivity contribution in [2.45, 2.75) is 43.5 Å². The van der Waals surface area contributed by atoms with Gasteiger partial charge in [-0.3, -0.25) is 19.2 Å². The molecular weight excluding hydrogens is 466 g/mol. The molecule has 35 heavy (non-hydrogen) atoms. The number of nitro groups is 1. The summed E-state index contributed by atoms with van der Waals surface area (Å²) in [6.45, 7) is 5.59. The molecular formula is C26H29N3O5S. The van der Waals surface area contributed by atoms with Gasteiger partial charge >= 0.3 is 0 Å². The van der Waals surface area contributed by atoms with Crippen molar-refractivity contribution in [3.05, 3.63) is 101 Å². The summed E-state index contributed by atoms with van der Waals surface area (Å²) in [5.74, 6) is -0.473. The minimum atomic E-state index is -4.09. The molecule has 0 aliphatic carbocycles. The van der Waals surface area contributed by atoms with Crippen LogP contribution in [0.5, 0.6) is 0 Å².